The van der Waals surface area contributed by atoms with Gasteiger partial charge in [0, 0.05) is 23.1 Å². The zero-order chi connectivity index (χ0) is 15.2. The third kappa shape index (κ3) is 3.79. The summed E-state index contributed by atoms with van der Waals surface area (Å²) in [5.41, 5.74) is 7.48. The van der Waals surface area contributed by atoms with Crippen LogP contribution in [0.15, 0.2) is 42.5 Å². The van der Waals surface area contributed by atoms with Crippen molar-refractivity contribution in [2.75, 3.05) is 30.6 Å². The first-order chi connectivity index (χ1) is 10.1. The summed E-state index contributed by atoms with van der Waals surface area (Å²) in [5.74, 6) is 1.14. The quantitative estimate of drug-likeness (QED) is 0.755. The smallest absolute Gasteiger partial charge is 0.323 e. The molecule has 21 heavy (non-hydrogen) atoms. The van der Waals surface area contributed by atoms with Crippen LogP contribution in [0.2, 0.25) is 0 Å². The van der Waals surface area contributed by atoms with E-state index in [0.29, 0.717) is 28.6 Å². The van der Waals surface area contributed by atoms with Crippen LogP contribution in [-0.4, -0.2) is 20.3 Å². The second-order valence-electron chi connectivity index (χ2n) is 4.27. The molecule has 2 aromatic carbocycles. The molecule has 0 aromatic heterocycles. The lowest BCUT2D eigenvalue weighted by molar-refractivity contribution is 0.262. The summed E-state index contributed by atoms with van der Waals surface area (Å²) < 4.78 is 10.3. The van der Waals surface area contributed by atoms with Gasteiger partial charge in [-0.15, -0.1) is 0 Å². The molecular weight excluding hydrogens is 270 g/mol. The van der Waals surface area contributed by atoms with Crippen molar-refractivity contribution < 1.29 is 14.3 Å². The first-order valence-electron chi connectivity index (χ1n) is 6.28. The Bertz CT molecular complexity index is 627. The summed E-state index contributed by atoms with van der Waals surface area (Å²) in [4.78, 5) is 11.9. The van der Waals surface area contributed by atoms with E-state index in [0.717, 1.165) is 0 Å². The monoisotopic (exact) mass is 287 g/mol. The summed E-state index contributed by atoms with van der Waals surface area (Å²) in [5, 5.41) is 5.42. The lowest BCUT2D eigenvalue weighted by Gasteiger charge is -2.11. The fourth-order valence-corrected chi connectivity index (χ4v) is 1.77. The number of anilines is 3. The van der Waals surface area contributed by atoms with E-state index in [-0.39, 0.29) is 6.03 Å². The van der Waals surface area contributed by atoms with Crippen LogP contribution < -0.4 is 25.8 Å². The molecule has 2 rings (SSSR count). The van der Waals surface area contributed by atoms with Crippen molar-refractivity contribution in [1.29, 1.82) is 0 Å². The number of urea groups is 1. The second kappa shape index (κ2) is 6.51. The van der Waals surface area contributed by atoms with E-state index >= 15 is 0 Å². The van der Waals surface area contributed by atoms with Crippen LogP contribution in [0.4, 0.5) is 21.9 Å². The third-order valence-corrected chi connectivity index (χ3v) is 2.81. The Hall–Kier alpha value is -2.89. The number of methoxy groups -OCH3 is 2. The van der Waals surface area contributed by atoms with Gasteiger partial charge in [-0.05, 0) is 36.4 Å². The second-order valence-corrected chi connectivity index (χ2v) is 4.27. The first-order valence-corrected chi connectivity index (χ1v) is 6.28. The predicted molar refractivity (Wildman–Crippen MR) is 83.0 cm³/mol. The third-order valence-electron chi connectivity index (χ3n) is 2.81. The molecule has 2 amide bonds. The average Bonchev–Trinajstić information content (AvgIpc) is 2.49. The zero-order valence-electron chi connectivity index (χ0n) is 11.8. The number of hydrogen-bond donors (Lipinski definition) is 3. The lowest BCUT2D eigenvalue weighted by atomic mass is 10.2. The highest BCUT2D eigenvalue weighted by Crippen LogP contribution is 2.29. The van der Waals surface area contributed by atoms with Gasteiger partial charge < -0.3 is 25.8 Å². The van der Waals surface area contributed by atoms with Gasteiger partial charge in [0.05, 0.1) is 14.2 Å². The van der Waals surface area contributed by atoms with Gasteiger partial charge in [-0.3, -0.25) is 0 Å². The summed E-state index contributed by atoms with van der Waals surface area (Å²) >= 11 is 0. The highest BCUT2D eigenvalue weighted by molar-refractivity contribution is 6.00. The summed E-state index contributed by atoms with van der Waals surface area (Å²) in [6, 6.07) is 11.7. The van der Waals surface area contributed by atoms with E-state index in [4.69, 9.17) is 15.2 Å². The van der Waals surface area contributed by atoms with Gasteiger partial charge in [-0.2, -0.15) is 0 Å². The number of amides is 2. The molecule has 6 nitrogen and oxygen atoms in total. The van der Waals surface area contributed by atoms with Crippen LogP contribution in [0.5, 0.6) is 11.5 Å². The molecule has 0 unspecified atom stereocenters. The minimum Gasteiger partial charge on any atom is -0.493 e. The maximum absolute atomic E-state index is 11.9. The molecule has 110 valence electrons. The van der Waals surface area contributed by atoms with Crippen LogP contribution in [0.25, 0.3) is 0 Å². The van der Waals surface area contributed by atoms with Crippen molar-refractivity contribution in [3.05, 3.63) is 42.5 Å². The molecule has 0 spiro atoms. The van der Waals surface area contributed by atoms with Crippen LogP contribution >= 0.6 is 0 Å². The average molecular weight is 287 g/mol. The van der Waals surface area contributed by atoms with Crippen LogP contribution in [0.3, 0.4) is 0 Å². The normalized spacial score (nSPS) is 9.81. The molecule has 0 heterocycles. The molecule has 2 aromatic rings. The fourth-order valence-electron chi connectivity index (χ4n) is 1.77. The fraction of sp³-hybridized carbons (Fsp3) is 0.133. The number of benzene rings is 2. The molecule has 0 saturated carbocycles. The van der Waals surface area contributed by atoms with Crippen molar-refractivity contribution in [2.24, 2.45) is 0 Å². The maximum Gasteiger partial charge on any atom is 0.323 e. The molecule has 0 fully saturated rings. The van der Waals surface area contributed by atoms with E-state index < -0.39 is 0 Å². The van der Waals surface area contributed by atoms with Gasteiger partial charge in [0.1, 0.15) is 0 Å². The maximum atomic E-state index is 11.9. The first kappa shape index (κ1) is 14.5. The highest BCUT2D eigenvalue weighted by Gasteiger charge is 2.07. The Morgan fingerprint density at radius 1 is 0.905 bits per heavy atom. The van der Waals surface area contributed by atoms with Crippen LogP contribution in [0, 0.1) is 0 Å². The van der Waals surface area contributed by atoms with E-state index in [9.17, 15) is 4.79 Å². The number of hydrogen-bond acceptors (Lipinski definition) is 4. The summed E-state index contributed by atoms with van der Waals surface area (Å²) in [6.45, 7) is 0. The highest BCUT2D eigenvalue weighted by atomic mass is 16.5. The standard InChI is InChI=1S/C15H17N3O3/c1-20-13-8-7-12(9-14(13)21-2)18-15(19)17-11-5-3-10(16)4-6-11/h3-9H,16H2,1-2H3,(H2,17,18,19). The number of carbonyl (C=O) groups excluding carboxylic acids is 1. The lowest BCUT2D eigenvalue weighted by Crippen LogP contribution is -2.19. The number of nitrogens with one attached hydrogen (secondary N) is 2. The number of nitrogens with two attached hydrogens (primary N) is 1. The molecule has 0 saturated heterocycles. The van der Waals surface area contributed by atoms with Crippen molar-refractivity contribution in [3.63, 3.8) is 0 Å². The number of nitrogen functional groups attached to an aromatic ring is 1. The van der Waals surface area contributed by atoms with Crippen molar-refractivity contribution >= 4 is 23.1 Å². The van der Waals surface area contributed by atoms with Gasteiger partial charge in [-0.1, -0.05) is 0 Å². The van der Waals surface area contributed by atoms with Crippen LogP contribution in [-0.2, 0) is 0 Å². The molecule has 0 atom stereocenters. The van der Waals surface area contributed by atoms with Crippen molar-refractivity contribution in [2.45, 2.75) is 0 Å². The molecular formula is C15H17N3O3. The van der Waals surface area contributed by atoms with Gasteiger partial charge in [0.2, 0.25) is 0 Å². The Morgan fingerprint density at radius 3 is 2.10 bits per heavy atom. The topological polar surface area (TPSA) is 85.6 Å². The minimum absolute atomic E-state index is 0.355. The number of rotatable bonds is 4. The number of carbonyl (C=O) groups is 1. The van der Waals surface area contributed by atoms with Gasteiger partial charge in [0.15, 0.2) is 11.5 Å². The Balaban J connectivity index is 2.04. The molecule has 0 aliphatic carbocycles. The predicted octanol–water partition coefficient (Wildman–Crippen LogP) is 2.93. The largest absolute Gasteiger partial charge is 0.493 e. The van der Waals surface area contributed by atoms with E-state index in [2.05, 4.69) is 10.6 Å². The molecule has 0 aliphatic heterocycles. The Kier molecular flexibility index (Phi) is 4.50. The Labute approximate surface area is 122 Å². The summed E-state index contributed by atoms with van der Waals surface area (Å²) in [7, 11) is 3.09. The number of ether oxygens (including phenoxy) is 2. The van der Waals surface area contributed by atoms with Crippen molar-refractivity contribution in [3.8, 4) is 11.5 Å². The zero-order valence-corrected chi connectivity index (χ0v) is 11.8. The Morgan fingerprint density at radius 2 is 1.48 bits per heavy atom. The minimum atomic E-state index is -0.355. The van der Waals surface area contributed by atoms with Crippen molar-refractivity contribution in [1.82, 2.24) is 0 Å². The van der Waals surface area contributed by atoms with Gasteiger partial charge in [-0.25, -0.2) is 4.79 Å². The van der Waals surface area contributed by atoms with Gasteiger partial charge >= 0.3 is 6.03 Å². The summed E-state index contributed by atoms with van der Waals surface area (Å²) in [6.07, 6.45) is 0. The molecule has 0 aliphatic rings. The molecule has 0 radical (unpaired) electrons. The van der Waals surface area contributed by atoms with E-state index in [1.165, 1.54) is 7.11 Å². The molecule has 0 bridgehead atoms. The SMILES string of the molecule is COc1ccc(NC(=O)Nc2ccc(N)cc2)cc1OC. The molecule has 6 heteroatoms. The van der Waals surface area contributed by atoms with E-state index in [1.54, 1.807) is 49.6 Å². The van der Waals surface area contributed by atoms with Crippen LogP contribution in [0.1, 0.15) is 0 Å². The van der Waals surface area contributed by atoms with Gasteiger partial charge in [0.25, 0.3) is 0 Å². The molecule has 4 N–H and O–H groups in total. The van der Waals surface area contributed by atoms with E-state index in [1.807, 2.05) is 0 Å².